The Morgan fingerprint density at radius 3 is 2.48 bits per heavy atom. The molecule has 0 heterocycles. The molecular weight excluding hydrogens is 294 g/mol. The summed E-state index contributed by atoms with van der Waals surface area (Å²) >= 11 is 0. The van der Waals surface area contributed by atoms with E-state index in [4.69, 9.17) is 4.74 Å². The van der Waals surface area contributed by atoms with E-state index in [1.165, 1.54) is 19.2 Å². The van der Waals surface area contributed by atoms with E-state index in [0.29, 0.717) is 6.61 Å². The molecular formula is C14H21NO5S. The van der Waals surface area contributed by atoms with Gasteiger partial charge in [0.15, 0.2) is 0 Å². The van der Waals surface area contributed by atoms with Crippen molar-refractivity contribution in [3.05, 3.63) is 29.8 Å². The first-order valence-electron chi connectivity index (χ1n) is 6.54. The van der Waals surface area contributed by atoms with Gasteiger partial charge in [-0.25, -0.2) is 17.9 Å². The van der Waals surface area contributed by atoms with Gasteiger partial charge >= 0.3 is 5.97 Å². The monoisotopic (exact) mass is 315 g/mol. The molecule has 0 aliphatic carbocycles. The van der Waals surface area contributed by atoms with Crippen LogP contribution in [-0.2, 0) is 19.5 Å². The van der Waals surface area contributed by atoms with Crippen molar-refractivity contribution in [2.24, 2.45) is 0 Å². The summed E-state index contributed by atoms with van der Waals surface area (Å²) in [6, 6.07) is 5.90. The Morgan fingerprint density at radius 1 is 1.29 bits per heavy atom. The topological polar surface area (TPSA) is 81.7 Å². The number of hydrogen-bond donors (Lipinski definition) is 1. The molecule has 1 aromatic rings. The Bertz CT molecular complexity index is 595. The van der Waals surface area contributed by atoms with Gasteiger partial charge in [-0.05, 0) is 32.9 Å². The fourth-order valence-corrected chi connectivity index (χ4v) is 3.16. The second kappa shape index (κ2) is 7.02. The zero-order valence-corrected chi connectivity index (χ0v) is 13.5. The highest BCUT2D eigenvalue weighted by molar-refractivity contribution is 7.89. The predicted molar refractivity (Wildman–Crippen MR) is 78.7 cm³/mol. The number of ether oxygens (including phenoxy) is 2. The maximum Gasteiger partial charge on any atom is 0.339 e. The number of carbonyl (C=O) groups excluding carboxylic acids is 1. The van der Waals surface area contributed by atoms with Gasteiger partial charge in [0, 0.05) is 13.2 Å². The lowest BCUT2D eigenvalue weighted by molar-refractivity contribution is -0.00515. The molecule has 0 bridgehead atoms. The lowest BCUT2D eigenvalue weighted by Gasteiger charge is -2.25. The third kappa shape index (κ3) is 4.80. The summed E-state index contributed by atoms with van der Waals surface area (Å²) in [7, 11) is -2.62. The number of carbonyl (C=O) groups is 1. The third-order valence-corrected chi connectivity index (χ3v) is 4.26. The summed E-state index contributed by atoms with van der Waals surface area (Å²) in [5.41, 5.74) is -0.635. The molecule has 0 aromatic heterocycles. The van der Waals surface area contributed by atoms with Crippen molar-refractivity contribution in [2.45, 2.75) is 31.3 Å². The van der Waals surface area contributed by atoms with Crippen molar-refractivity contribution in [2.75, 3.05) is 20.3 Å². The first-order chi connectivity index (χ1) is 9.73. The lowest BCUT2D eigenvalue weighted by Crippen LogP contribution is -2.40. The number of methoxy groups -OCH3 is 1. The van der Waals surface area contributed by atoms with E-state index in [2.05, 4.69) is 9.46 Å². The van der Waals surface area contributed by atoms with E-state index in [1.807, 2.05) is 6.92 Å². The number of rotatable bonds is 7. The number of benzene rings is 1. The fourth-order valence-electron chi connectivity index (χ4n) is 1.77. The first-order valence-corrected chi connectivity index (χ1v) is 8.03. The van der Waals surface area contributed by atoms with Crippen molar-refractivity contribution >= 4 is 16.0 Å². The lowest BCUT2D eigenvalue weighted by atomic mass is 10.1. The molecule has 7 heteroatoms. The quantitative estimate of drug-likeness (QED) is 0.772. The maximum atomic E-state index is 12.3. The molecule has 118 valence electrons. The molecule has 21 heavy (non-hydrogen) atoms. The van der Waals surface area contributed by atoms with Gasteiger partial charge in [0.25, 0.3) is 0 Å². The van der Waals surface area contributed by atoms with Crippen LogP contribution in [0.2, 0.25) is 0 Å². The second-order valence-electron chi connectivity index (χ2n) is 5.00. The molecule has 0 fully saturated rings. The predicted octanol–water partition coefficient (Wildman–Crippen LogP) is 1.57. The molecule has 0 spiro atoms. The van der Waals surface area contributed by atoms with Crippen LogP contribution >= 0.6 is 0 Å². The van der Waals surface area contributed by atoms with Crippen molar-refractivity contribution in [3.8, 4) is 0 Å². The third-order valence-electron chi connectivity index (χ3n) is 2.80. The van der Waals surface area contributed by atoms with Crippen LogP contribution in [0.4, 0.5) is 0 Å². The van der Waals surface area contributed by atoms with Crippen molar-refractivity contribution < 1.29 is 22.7 Å². The van der Waals surface area contributed by atoms with Gasteiger partial charge < -0.3 is 9.47 Å². The van der Waals surface area contributed by atoms with Gasteiger partial charge in [-0.3, -0.25) is 0 Å². The Labute approximate surface area is 125 Å². The number of esters is 1. The van der Waals surface area contributed by atoms with E-state index in [0.717, 1.165) is 0 Å². The van der Waals surface area contributed by atoms with Gasteiger partial charge in [-0.15, -0.1) is 0 Å². The minimum atomic E-state index is -3.83. The maximum absolute atomic E-state index is 12.3. The van der Waals surface area contributed by atoms with Crippen molar-refractivity contribution in [1.82, 2.24) is 4.72 Å². The van der Waals surface area contributed by atoms with E-state index in [9.17, 15) is 13.2 Å². The summed E-state index contributed by atoms with van der Waals surface area (Å²) in [6.45, 7) is 5.98. The van der Waals surface area contributed by atoms with Crippen LogP contribution in [0, 0.1) is 0 Å². The highest BCUT2D eigenvalue weighted by Crippen LogP contribution is 2.17. The standard InChI is InChI=1S/C14H21NO5S/c1-5-20-14(2,3)10-15-21(17,18)12-9-7-6-8-11(12)13(16)19-4/h6-9,15H,5,10H2,1-4H3. The summed E-state index contributed by atoms with van der Waals surface area (Å²) in [5.74, 6) is -0.694. The summed E-state index contributed by atoms with van der Waals surface area (Å²) < 4.78 is 37.2. The normalized spacial score (nSPS) is 12.2. The van der Waals surface area contributed by atoms with Gasteiger partial charge in [0.2, 0.25) is 10.0 Å². The average molecular weight is 315 g/mol. The van der Waals surface area contributed by atoms with Crippen LogP contribution in [0.25, 0.3) is 0 Å². The van der Waals surface area contributed by atoms with Gasteiger partial charge in [-0.1, -0.05) is 12.1 Å². The summed E-state index contributed by atoms with van der Waals surface area (Å²) in [5, 5.41) is 0. The molecule has 1 rings (SSSR count). The molecule has 0 amide bonds. The molecule has 0 aliphatic rings. The van der Waals surface area contributed by atoms with Gasteiger partial charge in [0.05, 0.1) is 23.2 Å². The van der Waals surface area contributed by atoms with Crippen LogP contribution < -0.4 is 4.72 Å². The Hall–Kier alpha value is -1.44. The van der Waals surface area contributed by atoms with Crippen LogP contribution in [0.15, 0.2) is 29.2 Å². The minimum absolute atomic E-state index is 0.00159. The van der Waals surface area contributed by atoms with E-state index in [-0.39, 0.29) is 17.0 Å². The average Bonchev–Trinajstić information content (AvgIpc) is 2.44. The highest BCUT2D eigenvalue weighted by atomic mass is 32.2. The second-order valence-corrected chi connectivity index (χ2v) is 6.74. The molecule has 0 saturated carbocycles. The van der Waals surface area contributed by atoms with E-state index >= 15 is 0 Å². The van der Waals surface area contributed by atoms with Crippen LogP contribution in [0.1, 0.15) is 31.1 Å². The Balaban J connectivity index is 3.02. The number of nitrogens with one attached hydrogen (secondary N) is 1. The molecule has 6 nitrogen and oxygen atoms in total. The largest absolute Gasteiger partial charge is 0.465 e. The summed E-state index contributed by atoms with van der Waals surface area (Å²) in [6.07, 6.45) is 0. The van der Waals surface area contributed by atoms with Crippen molar-refractivity contribution in [1.29, 1.82) is 0 Å². The first kappa shape index (κ1) is 17.6. The summed E-state index contributed by atoms with van der Waals surface area (Å²) in [4.78, 5) is 11.5. The van der Waals surface area contributed by atoms with Crippen LogP contribution in [0.3, 0.4) is 0 Å². The molecule has 1 N–H and O–H groups in total. The molecule has 0 radical (unpaired) electrons. The van der Waals surface area contributed by atoms with Gasteiger partial charge in [-0.2, -0.15) is 0 Å². The van der Waals surface area contributed by atoms with Gasteiger partial charge in [0.1, 0.15) is 0 Å². The Kier molecular flexibility index (Phi) is 5.88. The smallest absolute Gasteiger partial charge is 0.339 e. The number of sulfonamides is 1. The van der Waals surface area contributed by atoms with E-state index < -0.39 is 21.6 Å². The molecule has 0 saturated heterocycles. The van der Waals surface area contributed by atoms with Crippen LogP contribution in [0.5, 0.6) is 0 Å². The molecule has 1 aromatic carbocycles. The zero-order valence-electron chi connectivity index (χ0n) is 12.7. The minimum Gasteiger partial charge on any atom is -0.465 e. The molecule has 0 aliphatic heterocycles. The van der Waals surface area contributed by atoms with E-state index in [1.54, 1.807) is 26.0 Å². The van der Waals surface area contributed by atoms with Crippen LogP contribution in [-0.4, -0.2) is 40.2 Å². The molecule has 0 unspecified atom stereocenters. The number of hydrogen-bond acceptors (Lipinski definition) is 5. The molecule has 0 atom stereocenters. The highest BCUT2D eigenvalue weighted by Gasteiger charge is 2.26. The van der Waals surface area contributed by atoms with Crippen molar-refractivity contribution in [3.63, 3.8) is 0 Å². The Morgan fingerprint density at radius 2 is 1.90 bits per heavy atom. The zero-order chi connectivity index (χ0) is 16.1. The SMILES string of the molecule is CCOC(C)(C)CNS(=O)(=O)c1ccccc1C(=O)OC. The fraction of sp³-hybridized carbons (Fsp3) is 0.500.